The molecule has 3 rings (SSSR count). The highest BCUT2D eigenvalue weighted by Gasteiger charge is 2.22. The number of aromatic nitrogens is 2. The van der Waals surface area contributed by atoms with E-state index in [2.05, 4.69) is 11.1 Å². The third-order valence-corrected chi connectivity index (χ3v) is 4.65. The summed E-state index contributed by atoms with van der Waals surface area (Å²) in [7, 11) is 0. The molecule has 0 aromatic carbocycles. The van der Waals surface area contributed by atoms with Crippen molar-refractivity contribution >= 4 is 21.6 Å². The number of rotatable bonds is 2. The predicted molar refractivity (Wildman–Crippen MR) is 70.9 cm³/mol. The van der Waals surface area contributed by atoms with Crippen LogP contribution in [0, 0.1) is 18.3 Å². The molecule has 0 spiro atoms. The minimum absolute atomic E-state index is 0.0344. The van der Waals surface area contributed by atoms with E-state index in [0.717, 1.165) is 29.5 Å². The third kappa shape index (κ3) is 1.57. The Kier molecular flexibility index (Phi) is 2.67. The van der Waals surface area contributed by atoms with Gasteiger partial charge in [-0.3, -0.25) is 9.36 Å². The standard InChI is InChI=1S/C13H13N3OS/c1-8-15-12-11(9-4-2-5-10(9)18-12)13(17)16(8)7-3-6-14/h2-5,7H2,1H3. The molecular formula is C13H13N3OS. The molecule has 1 aliphatic rings. The van der Waals surface area contributed by atoms with Gasteiger partial charge >= 0.3 is 0 Å². The fraction of sp³-hybridized carbons (Fsp3) is 0.462. The van der Waals surface area contributed by atoms with Crippen molar-refractivity contribution in [3.05, 3.63) is 26.6 Å². The molecule has 0 aliphatic heterocycles. The summed E-state index contributed by atoms with van der Waals surface area (Å²) >= 11 is 1.66. The molecule has 0 bridgehead atoms. The molecule has 1 aliphatic carbocycles. The predicted octanol–water partition coefficient (Wildman–Crippen LogP) is 2.17. The van der Waals surface area contributed by atoms with Gasteiger partial charge in [0.1, 0.15) is 10.7 Å². The van der Waals surface area contributed by atoms with Crippen LogP contribution < -0.4 is 5.56 Å². The fourth-order valence-electron chi connectivity index (χ4n) is 2.60. The van der Waals surface area contributed by atoms with Gasteiger partial charge in [0, 0.05) is 11.4 Å². The summed E-state index contributed by atoms with van der Waals surface area (Å²) in [5.74, 6) is 0.711. The molecule has 2 aromatic rings. The summed E-state index contributed by atoms with van der Waals surface area (Å²) in [6.45, 7) is 2.28. The first-order chi connectivity index (χ1) is 8.72. The lowest BCUT2D eigenvalue weighted by atomic mass is 10.2. The minimum atomic E-state index is 0.0344. The van der Waals surface area contributed by atoms with Gasteiger partial charge in [0.05, 0.1) is 17.9 Å². The van der Waals surface area contributed by atoms with E-state index >= 15 is 0 Å². The maximum absolute atomic E-state index is 12.5. The molecule has 4 nitrogen and oxygen atoms in total. The molecule has 2 heterocycles. The molecule has 0 atom stereocenters. The molecule has 0 radical (unpaired) electrons. The Morgan fingerprint density at radius 3 is 3.11 bits per heavy atom. The maximum Gasteiger partial charge on any atom is 0.262 e. The first-order valence-electron chi connectivity index (χ1n) is 6.11. The quantitative estimate of drug-likeness (QED) is 0.830. The zero-order valence-corrected chi connectivity index (χ0v) is 11.0. The third-order valence-electron chi connectivity index (χ3n) is 3.46. The Morgan fingerprint density at radius 2 is 2.33 bits per heavy atom. The first kappa shape index (κ1) is 11.4. The van der Waals surface area contributed by atoms with Crippen molar-refractivity contribution in [3.8, 4) is 6.07 Å². The number of hydrogen-bond acceptors (Lipinski definition) is 4. The molecule has 92 valence electrons. The Bertz CT molecular complexity index is 720. The molecule has 0 saturated heterocycles. The van der Waals surface area contributed by atoms with Gasteiger partial charge in [-0.15, -0.1) is 11.3 Å². The van der Waals surface area contributed by atoms with Crippen molar-refractivity contribution in [1.82, 2.24) is 9.55 Å². The molecule has 0 N–H and O–H groups in total. The highest BCUT2D eigenvalue weighted by Crippen LogP contribution is 2.34. The lowest BCUT2D eigenvalue weighted by Gasteiger charge is -2.07. The second-order valence-electron chi connectivity index (χ2n) is 4.56. The Morgan fingerprint density at radius 1 is 1.50 bits per heavy atom. The number of aryl methyl sites for hydroxylation is 3. The van der Waals surface area contributed by atoms with Gasteiger partial charge in [-0.05, 0) is 31.7 Å². The number of fused-ring (bicyclic) bond motifs is 3. The molecule has 0 saturated carbocycles. The van der Waals surface area contributed by atoms with Crippen LogP contribution in [0.25, 0.3) is 10.2 Å². The maximum atomic E-state index is 12.5. The lowest BCUT2D eigenvalue weighted by molar-refractivity contribution is 0.652. The van der Waals surface area contributed by atoms with Crippen molar-refractivity contribution in [2.75, 3.05) is 0 Å². The SMILES string of the molecule is Cc1nc2sc3c(c2c(=O)n1CCC#N)CCC3. The van der Waals surface area contributed by atoms with Crippen LogP contribution in [0.15, 0.2) is 4.79 Å². The molecule has 18 heavy (non-hydrogen) atoms. The van der Waals surface area contributed by atoms with Crippen LogP contribution in [0.2, 0.25) is 0 Å². The van der Waals surface area contributed by atoms with Gasteiger partial charge in [-0.25, -0.2) is 4.98 Å². The van der Waals surface area contributed by atoms with Crippen LogP contribution in [0.5, 0.6) is 0 Å². The smallest absolute Gasteiger partial charge is 0.262 e. The highest BCUT2D eigenvalue weighted by atomic mass is 32.1. The van der Waals surface area contributed by atoms with E-state index in [4.69, 9.17) is 5.26 Å². The first-order valence-corrected chi connectivity index (χ1v) is 6.92. The van der Waals surface area contributed by atoms with Crippen LogP contribution in [0.1, 0.15) is 29.1 Å². The highest BCUT2D eigenvalue weighted by molar-refractivity contribution is 7.18. The van der Waals surface area contributed by atoms with E-state index in [1.54, 1.807) is 15.9 Å². The van der Waals surface area contributed by atoms with Gasteiger partial charge in [0.25, 0.3) is 5.56 Å². The largest absolute Gasteiger partial charge is 0.295 e. The average Bonchev–Trinajstić information content (AvgIpc) is 2.88. The van der Waals surface area contributed by atoms with Crippen molar-refractivity contribution < 1.29 is 0 Å². The van der Waals surface area contributed by atoms with Gasteiger partial charge in [-0.1, -0.05) is 0 Å². The van der Waals surface area contributed by atoms with Crippen molar-refractivity contribution in [2.24, 2.45) is 0 Å². The van der Waals surface area contributed by atoms with Crippen molar-refractivity contribution in [2.45, 2.75) is 39.2 Å². The molecule has 0 unspecified atom stereocenters. The summed E-state index contributed by atoms with van der Waals surface area (Å²) < 4.78 is 1.64. The lowest BCUT2D eigenvalue weighted by Crippen LogP contribution is -2.23. The van der Waals surface area contributed by atoms with Crippen molar-refractivity contribution in [3.63, 3.8) is 0 Å². The van der Waals surface area contributed by atoms with Crippen LogP contribution in [-0.2, 0) is 19.4 Å². The number of thiophene rings is 1. The Balaban J connectivity index is 2.26. The number of hydrogen-bond donors (Lipinski definition) is 0. The average molecular weight is 259 g/mol. The second kappa shape index (κ2) is 4.21. The summed E-state index contributed by atoms with van der Waals surface area (Å²) in [4.78, 5) is 19.2. The number of nitrogens with zero attached hydrogens (tertiary/aromatic N) is 3. The Hall–Kier alpha value is -1.67. The van der Waals surface area contributed by atoms with Crippen LogP contribution in [-0.4, -0.2) is 9.55 Å². The van der Waals surface area contributed by atoms with E-state index in [0.29, 0.717) is 18.8 Å². The van der Waals surface area contributed by atoms with Crippen LogP contribution in [0.4, 0.5) is 0 Å². The summed E-state index contributed by atoms with van der Waals surface area (Å²) in [5, 5.41) is 9.46. The second-order valence-corrected chi connectivity index (χ2v) is 5.65. The summed E-state index contributed by atoms with van der Waals surface area (Å²) in [6, 6.07) is 2.08. The molecule has 0 fully saturated rings. The number of nitriles is 1. The van der Waals surface area contributed by atoms with Crippen LogP contribution >= 0.6 is 11.3 Å². The van der Waals surface area contributed by atoms with Crippen molar-refractivity contribution in [1.29, 1.82) is 5.26 Å². The fourth-order valence-corrected chi connectivity index (χ4v) is 3.90. The molecule has 5 heteroatoms. The zero-order valence-electron chi connectivity index (χ0n) is 10.2. The van der Waals surface area contributed by atoms with Crippen LogP contribution in [0.3, 0.4) is 0 Å². The van der Waals surface area contributed by atoms with E-state index in [1.807, 2.05) is 6.92 Å². The van der Waals surface area contributed by atoms with E-state index in [-0.39, 0.29) is 5.56 Å². The normalized spacial score (nSPS) is 13.8. The summed E-state index contributed by atoms with van der Waals surface area (Å²) in [5.41, 5.74) is 1.24. The zero-order chi connectivity index (χ0) is 12.7. The molecule has 2 aromatic heterocycles. The van der Waals surface area contributed by atoms with Gasteiger partial charge in [0.2, 0.25) is 0 Å². The van der Waals surface area contributed by atoms with Gasteiger partial charge in [-0.2, -0.15) is 5.26 Å². The van der Waals surface area contributed by atoms with Gasteiger partial charge in [0.15, 0.2) is 0 Å². The monoisotopic (exact) mass is 259 g/mol. The Labute approximate surface area is 109 Å². The summed E-state index contributed by atoms with van der Waals surface area (Å²) in [6.07, 6.45) is 3.56. The molecule has 0 amide bonds. The topological polar surface area (TPSA) is 58.7 Å². The van der Waals surface area contributed by atoms with Gasteiger partial charge < -0.3 is 0 Å². The minimum Gasteiger partial charge on any atom is -0.295 e. The van der Waals surface area contributed by atoms with E-state index in [1.165, 1.54) is 10.4 Å². The van der Waals surface area contributed by atoms with E-state index in [9.17, 15) is 4.79 Å². The molecular weight excluding hydrogens is 246 g/mol. The van der Waals surface area contributed by atoms with E-state index < -0.39 is 0 Å².